The highest BCUT2D eigenvalue weighted by Crippen LogP contribution is 2.30. The van der Waals surface area contributed by atoms with E-state index in [1.165, 1.54) is 0 Å². The van der Waals surface area contributed by atoms with Crippen molar-refractivity contribution in [3.05, 3.63) is 34.3 Å². The van der Waals surface area contributed by atoms with Gasteiger partial charge in [-0.05, 0) is 19.1 Å². The van der Waals surface area contributed by atoms with Crippen LogP contribution < -0.4 is 11.1 Å². The van der Waals surface area contributed by atoms with Crippen LogP contribution in [0.3, 0.4) is 0 Å². The van der Waals surface area contributed by atoms with Crippen LogP contribution in [0.2, 0.25) is 10.0 Å². The van der Waals surface area contributed by atoms with Crippen LogP contribution in [0, 0.1) is 0 Å². The molecule has 0 saturated heterocycles. The zero-order valence-electron chi connectivity index (χ0n) is 7.90. The minimum Gasteiger partial charge on any atom is -0.397 e. The number of nitrogens with one attached hydrogen (secondary N) is 1. The molecule has 2 nitrogen and oxygen atoms in total. The fourth-order valence-electron chi connectivity index (χ4n) is 0.961. The summed E-state index contributed by atoms with van der Waals surface area (Å²) >= 11 is 11.6. The lowest BCUT2D eigenvalue weighted by molar-refractivity contribution is 1.22. The van der Waals surface area contributed by atoms with Crippen molar-refractivity contribution in [1.82, 2.24) is 0 Å². The SMILES string of the molecule is C=C(C)CNc1cc(Cl)c(Cl)cc1N. The molecule has 1 aromatic carbocycles. The van der Waals surface area contributed by atoms with Crippen LogP contribution in [0.15, 0.2) is 24.3 Å². The van der Waals surface area contributed by atoms with Crippen molar-refractivity contribution in [2.75, 3.05) is 17.6 Å². The molecule has 0 radical (unpaired) electrons. The average Bonchev–Trinajstić information content (AvgIpc) is 2.09. The third kappa shape index (κ3) is 2.82. The van der Waals surface area contributed by atoms with E-state index in [4.69, 9.17) is 28.9 Å². The van der Waals surface area contributed by atoms with Crippen molar-refractivity contribution in [1.29, 1.82) is 0 Å². The van der Waals surface area contributed by atoms with Gasteiger partial charge < -0.3 is 11.1 Å². The number of halogens is 2. The van der Waals surface area contributed by atoms with E-state index in [0.29, 0.717) is 22.3 Å². The van der Waals surface area contributed by atoms with E-state index in [1.54, 1.807) is 12.1 Å². The number of rotatable bonds is 3. The molecular weight excluding hydrogens is 219 g/mol. The molecule has 4 heteroatoms. The van der Waals surface area contributed by atoms with E-state index in [1.807, 2.05) is 6.92 Å². The summed E-state index contributed by atoms with van der Waals surface area (Å²) in [7, 11) is 0. The highest BCUT2D eigenvalue weighted by atomic mass is 35.5. The Labute approximate surface area is 93.7 Å². The van der Waals surface area contributed by atoms with E-state index in [0.717, 1.165) is 11.3 Å². The summed E-state index contributed by atoms with van der Waals surface area (Å²) in [5.41, 5.74) is 8.13. The third-order valence-corrected chi connectivity index (χ3v) is 2.40. The molecule has 76 valence electrons. The summed E-state index contributed by atoms with van der Waals surface area (Å²) in [5, 5.41) is 4.07. The van der Waals surface area contributed by atoms with Crippen molar-refractivity contribution in [2.24, 2.45) is 0 Å². The first kappa shape index (κ1) is 11.2. The number of nitrogen functional groups attached to an aromatic ring is 1. The normalized spacial score (nSPS) is 9.93. The van der Waals surface area contributed by atoms with Gasteiger partial charge in [-0.15, -0.1) is 0 Å². The highest BCUT2D eigenvalue weighted by Gasteiger charge is 2.04. The Hall–Kier alpha value is -0.860. The molecule has 0 saturated carbocycles. The maximum absolute atomic E-state index is 5.85. The molecule has 0 aromatic heterocycles. The monoisotopic (exact) mass is 230 g/mol. The van der Waals surface area contributed by atoms with Crippen molar-refractivity contribution in [3.8, 4) is 0 Å². The summed E-state index contributed by atoms with van der Waals surface area (Å²) in [6.07, 6.45) is 0. The maximum Gasteiger partial charge on any atom is 0.0614 e. The van der Waals surface area contributed by atoms with Gasteiger partial charge in [0.25, 0.3) is 0 Å². The van der Waals surface area contributed by atoms with E-state index in [2.05, 4.69) is 11.9 Å². The van der Waals surface area contributed by atoms with Gasteiger partial charge in [0, 0.05) is 6.54 Å². The van der Waals surface area contributed by atoms with Crippen LogP contribution >= 0.6 is 23.2 Å². The predicted octanol–water partition coefficient (Wildman–Crippen LogP) is 3.56. The topological polar surface area (TPSA) is 38.0 Å². The summed E-state index contributed by atoms with van der Waals surface area (Å²) < 4.78 is 0. The lowest BCUT2D eigenvalue weighted by Gasteiger charge is -2.10. The molecule has 1 aromatic rings. The molecule has 14 heavy (non-hydrogen) atoms. The van der Waals surface area contributed by atoms with Gasteiger partial charge in [0.15, 0.2) is 0 Å². The second-order valence-electron chi connectivity index (χ2n) is 3.16. The third-order valence-electron chi connectivity index (χ3n) is 1.67. The van der Waals surface area contributed by atoms with Crippen LogP contribution in [0.4, 0.5) is 11.4 Å². The highest BCUT2D eigenvalue weighted by molar-refractivity contribution is 6.42. The molecule has 0 atom stereocenters. The Bertz CT molecular complexity index is 361. The van der Waals surface area contributed by atoms with Gasteiger partial charge in [0.2, 0.25) is 0 Å². The molecule has 0 aliphatic carbocycles. The van der Waals surface area contributed by atoms with E-state index in [9.17, 15) is 0 Å². The van der Waals surface area contributed by atoms with Gasteiger partial charge in [-0.2, -0.15) is 0 Å². The first-order valence-electron chi connectivity index (χ1n) is 4.13. The summed E-state index contributed by atoms with van der Waals surface area (Å²) in [5.74, 6) is 0. The minimum absolute atomic E-state index is 0.463. The molecule has 0 aliphatic rings. The van der Waals surface area contributed by atoms with Gasteiger partial charge in [0.05, 0.1) is 21.4 Å². The maximum atomic E-state index is 5.85. The Balaban J connectivity index is 2.87. The Morgan fingerprint density at radius 1 is 1.43 bits per heavy atom. The molecule has 0 unspecified atom stereocenters. The van der Waals surface area contributed by atoms with E-state index < -0.39 is 0 Å². The van der Waals surface area contributed by atoms with Crippen LogP contribution in [-0.4, -0.2) is 6.54 Å². The average molecular weight is 231 g/mol. The van der Waals surface area contributed by atoms with Crippen molar-refractivity contribution < 1.29 is 0 Å². The first-order chi connectivity index (χ1) is 6.50. The number of hydrogen-bond donors (Lipinski definition) is 2. The van der Waals surface area contributed by atoms with Crippen molar-refractivity contribution in [3.63, 3.8) is 0 Å². The van der Waals surface area contributed by atoms with Gasteiger partial charge >= 0.3 is 0 Å². The second kappa shape index (κ2) is 4.58. The Kier molecular flexibility index (Phi) is 3.67. The molecule has 0 amide bonds. The Morgan fingerprint density at radius 3 is 2.57 bits per heavy atom. The molecule has 0 bridgehead atoms. The number of anilines is 2. The standard InChI is InChI=1S/C10H12Cl2N2/c1-6(2)5-14-10-4-8(12)7(11)3-9(10)13/h3-4,14H,1,5,13H2,2H3. The van der Waals surface area contributed by atoms with E-state index >= 15 is 0 Å². The molecule has 0 heterocycles. The fourth-order valence-corrected chi connectivity index (χ4v) is 1.30. The zero-order chi connectivity index (χ0) is 10.7. The molecule has 3 N–H and O–H groups in total. The largest absolute Gasteiger partial charge is 0.397 e. The summed E-state index contributed by atoms with van der Waals surface area (Å²) in [6.45, 7) is 6.38. The molecule has 0 fully saturated rings. The summed E-state index contributed by atoms with van der Waals surface area (Å²) in [6, 6.07) is 3.34. The smallest absolute Gasteiger partial charge is 0.0614 e. The zero-order valence-corrected chi connectivity index (χ0v) is 9.41. The van der Waals surface area contributed by atoms with Crippen LogP contribution in [0.25, 0.3) is 0 Å². The van der Waals surface area contributed by atoms with Crippen LogP contribution in [0.1, 0.15) is 6.92 Å². The number of benzene rings is 1. The summed E-state index contributed by atoms with van der Waals surface area (Å²) in [4.78, 5) is 0. The van der Waals surface area contributed by atoms with Crippen LogP contribution in [-0.2, 0) is 0 Å². The van der Waals surface area contributed by atoms with E-state index in [-0.39, 0.29) is 0 Å². The van der Waals surface area contributed by atoms with Crippen molar-refractivity contribution >= 4 is 34.6 Å². The minimum atomic E-state index is 0.463. The predicted molar refractivity (Wildman–Crippen MR) is 64.2 cm³/mol. The lowest BCUT2D eigenvalue weighted by Crippen LogP contribution is -2.04. The van der Waals surface area contributed by atoms with Gasteiger partial charge in [-0.3, -0.25) is 0 Å². The van der Waals surface area contributed by atoms with Gasteiger partial charge in [-0.25, -0.2) is 0 Å². The molecule has 1 rings (SSSR count). The van der Waals surface area contributed by atoms with Crippen molar-refractivity contribution in [2.45, 2.75) is 6.92 Å². The fraction of sp³-hybridized carbons (Fsp3) is 0.200. The molecule has 0 aliphatic heterocycles. The molecular formula is C10H12Cl2N2. The number of nitrogens with two attached hydrogens (primary N) is 1. The Morgan fingerprint density at radius 2 is 2.00 bits per heavy atom. The molecule has 0 spiro atoms. The lowest BCUT2D eigenvalue weighted by atomic mass is 10.2. The van der Waals surface area contributed by atoms with Gasteiger partial charge in [0.1, 0.15) is 0 Å². The second-order valence-corrected chi connectivity index (χ2v) is 3.98. The van der Waals surface area contributed by atoms with Gasteiger partial charge in [-0.1, -0.05) is 35.4 Å². The van der Waals surface area contributed by atoms with Crippen LogP contribution in [0.5, 0.6) is 0 Å². The first-order valence-corrected chi connectivity index (χ1v) is 4.89. The quantitative estimate of drug-likeness (QED) is 0.616. The number of hydrogen-bond acceptors (Lipinski definition) is 2.